The van der Waals surface area contributed by atoms with Crippen molar-refractivity contribution in [3.63, 3.8) is 0 Å². The zero-order chi connectivity index (χ0) is 19.1. The van der Waals surface area contributed by atoms with Gasteiger partial charge in [-0.05, 0) is 55.4 Å². The van der Waals surface area contributed by atoms with E-state index in [1.807, 2.05) is 55.4 Å². The summed E-state index contributed by atoms with van der Waals surface area (Å²) >= 11 is 0. The molecule has 1 heterocycles. The molecule has 0 radical (unpaired) electrons. The second-order valence-corrected chi connectivity index (χ2v) is 7.78. The molecule has 0 aromatic heterocycles. The summed E-state index contributed by atoms with van der Waals surface area (Å²) in [6.07, 6.45) is -1.42. The van der Waals surface area contributed by atoms with Crippen LogP contribution in [0.3, 0.4) is 0 Å². The molecule has 1 aliphatic heterocycles. The molecule has 0 aromatic rings. The fourth-order valence-corrected chi connectivity index (χ4v) is 2.90. The highest BCUT2D eigenvalue weighted by molar-refractivity contribution is 4.94. The second kappa shape index (κ2) is 10.8. The summed E-state index contributed by atoms with van der Waals surface area (Å²) in [4.78, 5) is 0. The van der Waals surface area contributed by atoms with Crippen molar-refractivity contribution in [2.45, 2.75) is 104 Å². The molecular formula is C19H38O6. The van der Waals surface area contributed by atoms with E-state index >= 15 is 0 Å². The van der Waals surface area contributed by atoms with E-state index in [1.54, 1.807) is 0 Å². The van der Waals surface area contributed by atoms with Gasteiger partial charge in [0.15, 0.2) is 6.29 Å². The maximum absolute atomic E-state index is 9.89. The van der Waals surface area contributed by atoms with Gasteiger partial charge in [-0.2, -0.15) is 0 Å². The van der Waals surface area contributed by atoms with E-state index in [0.29, 0.717) is 6.61 Å². The number of rotatable bonds is 11. The predicted octanol–water partition coefficient (Wildman–Crippen LogP) is 2.76. The minimum atomic E-state index is -0.524. The number of ether oxygens (including phenoxy) is 5. The second-order valence-electron chi connectivity index (χ2n) is 7.78. The number of aliphatic hydroxyl groups excluding tert-OH is 1. The largest absolute Gasteiger partial charge is 0.396 e. The Morgan fingerprint density at radius 3 is 1.72 bits per heavy atom. The third-order valence-corrected chi connectivity index (χ3v) is 3.81. The van der Waals surface area contributed by atoms with Crippen molar-refractivity contribution in [2.75, 3.05) is 13.2 Å². The molecule has 1 saturated heterocycles. The molecule has 0 unspecified atom stereocenters. The molecule has 1 N–H and O–H groups in total. The first-order valence-electron chi connectivity index (χ1n) is 9.49. The van der Waals surface area contributed by atoms with E-state index in [4.69, 9.17) is 23.7 Å². The maximum Gasteiger partial charge on any atom is 0.187 e. The average molecular weight is 363 g/mol. The van der Waals surface area contributed by atoms with Gasteiger partial charge >= 0.3 is 0 Å². The van der Waals surface area contributed by atoms with Gasteiger partial charge in [0.1, 0.15) is 12.2 Å². The SMILES string of the molecule is CC(C)OC[C@@H](CO)[C@H]1O[C@H](OC(C)C)[C@@H](OC(C)C)[C@H]1OC(C)C. The third kappa shape index (κ3) is 7.49. The van der Waals surface area contributed by atoms with E-state index in [-0.39, 0.29) is 55.3 Å². The highest BCUT2D eigenvalue weighted by Gasteiger charge is 2.50. The standard InChI is InChI=1S/C19H38O6/c1-11(2)21-10-15(9-20)16-17(22-12(3)4)18(23-13(5)6)19(25-16)24-14(7)8/h11-20H,9-10H2,1-8H3/t15-,16-,17+,18+,19+/m1/s1. The molecule has 0 saturated carbocycles. The minimum absolute atomic E-state index is 0.00111. The van der Waals surface area contributed by atoms with Gasteiger partial charge in [0, 0.05) is 5.92 Å². The van der Waals surface area contributed by atoms with Crippen LogP contribution in [0.2, 0.25) is 0 Å². The van der Waals surface area contributed by atoms with Crippen molar-refractivity contribution < 1.29 is 28.8 Å². The zero-order valence-electron chi connectivity index (χ0n) is 17.1. The van der Waals surface area contributed by atoms with E-state index in [2.05, 4.69) is 0 Å². The summed E-state index contributed by atoms with van der Waals surface area (Å²) in [5, 5.41) is 9.89. The first-order valence-corrected chi connectivity index (χ1v) is 9.49. The third-order valence-electron chi connectivity index (χ3n) is 3.81. The lowest BCUT2D eigenvalue weighted by Gasteiger charge is -2.30. The Kier molecular flexibility index (Phi) is 9.85. The summed E-state index contributed by atoms with van der Waals surface area (Å²) in [5.74, 6) is -0.204. The monoisotopic (exact) mass is 362 g/mol. The van der Waals surface area contributed by atoms with Gasteiger partial charge in [-0.1, -0.05) is 0 Å². The molecule has 150 valence electrons. The van der Waals surface area contributed by atoms with Crippen LogP contribution in [0.4, 0.5) is 0 Å². The Balaban J connectivity index is 3.01. The molecule has 6 heteroatoms. The van der Waals surface area contributed by atoms with Gasteiger partial charge in [0.25, 0.3) is 0 Å². The van der Waals surface area contributed by atoms with E-state index in [9.17, 15) is 5.11 Å². The normalized spacial score (nSPS) is 28.7. The average Bonchev–Trinajstić information content (AvgIpc) is 2.76. The fraction of sp³-hybridized carbons (Fsp3) is 1.00. The molecule has 0 aromatic carbocycles. The maximum atomic E-state index is 9.89. The topological polar surface area (TPSA) is 66.4 Å². The Hall–Kier alpha value is -0.240. The molecule has 0 spiro atoms. The highest BCUT2D eigenvalue weighted by Crippen LogP contribution is 2.34. The molecule has 1 rings (SSSR count). The Morgan fingerprint density at radius 2 is 1.28 bits per heavy atom. The molecule has 25 heavy (non-hydrogen) atoms. The lowest BCUT2D eigenvalue weighted by atomic mass is 9.97. The van der Waals surface area contributed by atoms with Crippen molar-refractivity contribution in [2.24, 2.45) is 5.92 Å². The number of hydrogen-bond donors (Lipinski definition) is 1. The van der Waals surface area contributed by atoms with Gasteiger partial charge in [-0.15, -0.1) is 0 Å². The van der Waals surface area contributed by atoms with Gasteiger partial charge in [-0.3, -0.25) is 0 Å². The summed E-state index contributed by atoms with van der Waals surface area (Å²) < 4.78 is 30.1. The van der Waals surface area contributed by atoms with Crippen LogP contribution in [0.1, 0.15) is 55.4 Å². The van der Waals surface area contributed by atoms with E-state index in [0.717, 1.165) is 0 Å². The molecule has 6 nitrogen and oxygen atoms in total. The first kappa shape index (κ1) is 22.8. The summed E-state index contributed by atoms with van der Waals surface area (Å²) in [6, 6.07) is 0. The predicted molar refractivity (Wildman–Crippen MR) is 96.6 cm³/mol. The quantitative estimate of drug-likeness (QED) is 0.610. The van der Waals surface area contributed by atoms with Crippen LogP contribution in [0.25, 0.3) is 0 Å². The molecule has 0 bridgehead atoms. The molecule has 0 aliphatic carbocycles. The summed E-state index contributed by atoms with van der Waals surface area (Å²) in [7, 11) is 0. The van der Waals surface area contributed by atoms with Gasteiger partial charge in [0.2, 0.25) is 0 Å². The molecule has 5 atom stereocenters. The van der Waals surface area contributed by atoms with Gasteiger partial charge in [0.05, 0.1) is 43.7 Å². The van der Waals surface area contributed by atoms with Crippen molar-refractivity contribution in [3.8, 4) is 0 Å². The smallest absolute Gasteiger partial charge is 0.187 e. The fourth-order valence-electron chi connectivity index (χ4n) is 2.90. The van der Waals surface area contributed by atoms with Crippen LogP contribution in [0, 0.1) is 5.92 Å². The van der Waals surface area contributed by atoms with Crippen molar-refractivity contribution in [1.29, 1.82) is 0 Å². The summed E-state index contributed by atoms with van der Waals surface area (Å²) in [6.45, 7) is 16.2. The number of hydrogen-bond acceptors (Lipinski definition) is 6. The highest BCUT2D eigenvalue weighted by atomic mass is 16.7. The Morgan fingerprint density at radius 1 is 0.760 bits per heavy atom. The van der Waals surface area contributed by atoms with Crippen molar-refractivity contribution in [1.82, 2.24) is 0 Å². The van der Waals surface area contributed by atoms with Crippen LogP contribution < -0.4 is 0 Å². The van der Waals surface area contributed by atoms with Gasteiger partial charge < -0.3 is 28.8 Å². The Bertz CT molecular complexity index is 358. The van der Waals surface area contributed by atoms with E-state index < -0.39 is 6.29 Å². The minimum Gasteiger partial charge on any atom is -0.396 e. The van der Waals surface area contributed by atoms with Crippen LogP contribution in [-0.4, -0.2) is 67.3 Å². The lowest BCUT2D eigenvalue weighted by Crippen LogP contribution is -2.45. The Labute approximate surface area is 153 Å². The summed E-state index contributed by atoms with van der Waals surface area (Å²) in [5.41, 5.74) is 0. The van der Waals surface area contributed by atoms with Crippen LogP contribution in [-0.2, 0) is 23.7 Å². The van der Waals surface area contributed by atoms with E-state index in [1.165, 1.54) is 0 Å². The van der Waals surface area contributed by atoms with Crippen molar-refractivity contribution >= 4 is 0 Å². The van der Waals surface area contributed by atoms with Crippen LogP contribution in [0.15, 0.2) is 0 Å². The van der Waals surface area contributed by atoms with Crippen LogP contribution >= 0.6 is 0 Å². The molecule has 0 amide bonds. The zero-order valence-corrected chi connectivity index (χ0v) is 17.1. The first-order chi connectivity index (χ1) is 11.6. The lowest BCUT2D eigenvalue weighted by molar-refractivity contribution is -0.207. The molecular weight excluding hydrogens is 324 g/mol. The number of aliphatic hydroxyl groups is 1. The molecule has 1 aliphatic rings. The van der Waals surface area contributed by atoms with Crippen LogP contribution in [0.5, 0.6) is 0 Å². The molecule has 1 fully saturated rings. The van der Waals surface area contributed by atoms with Crippen molar-refractivity contribution in [3.05, 3.63) is 0 Å². The van der Waals surface area contributed by atoms with Gasteiger partial charge in [-0.25, -0.2) is 0 Å².